The van der Waals surface area contributed by atoms with Crippen molar-refractivity contribution in [3.63, 3.8) is 0 Å². The van der Waals surface area contributed by atoms with Crippen molar-refractivity contribution in [2.24, 2.45) is 5.73 Å². The Morgan fingerprint density at radius 2 is 2.00 bits per heavy atom. The molecule has 1 heterocycles. The van der Waals surface area contributed by atoms with E-state index in [0.717, 1.165) is 12.8 Å². The predicted octanol–water partition coefficient (Wildman–Crippen LogP) is 2.39. The van der Waals surface area contributed by atoms with Crippen LogP contribution in [0.1, 0.15) is 33.7 Å². The largest absolute Gasteiger partial charge is 0.364 e. The third-order valence-corrected chi connectivity index (χ3v) is 3.73. The molecule has 2 amide bonds. The van der Waals surface area contributed by atoms with E-state index in [1.807, 2.05) is 0 Å². The highest BCUT2D eigenvalue weighted by Gasteiger charge is 2.24. The Morgan fingerprint density at radius 1 is 1.23 bits per heavy atom. The van der Waals surface area contributed by atoms with Gasteiger partial charge in [-0.2, -0.15) is 0 Å². The number of carbonyl (C=O) groups is 2. The van der Waals surface area contributed by atoms with Gasteiger partial charge in [0.15, 0.2) is 0 Å². The van der Waals surface area contributed by atoms with Crippen LogP contribution in [0.25, 0.3) is 11.3 Å². The number of pyridine rings is 1. The summed E-state index contributed by atoms with van der Waals surface area (Å²) in [5.74, 6) is -0.729. The first-order valence-electron chi connectivity index (χ1n) is 6.92. The van der Waals surface area contributed by atoms with E-state index in [2.05, 4.69) is 10.3 Å². The maximum atomic E-state index is 12.0. The second-order valence-corrected chi connectivity index (χ2v) is 5.62. The van der Waals surface area contributed by atoms with E-state index in [1.54, 1.807) is 30.3 Å². The number of carbonyl (C=O) groups excluding carboxylic acids is 2. The molecule has 0 spiro atoms. The SMILES string of the molecule is NC(=O)c1cccc(-c2ccc(C(=O)NC3CC3)cc2Cl)n1. The predicted molar refractivity (Wildman–Crippen MR) is 83.7 cm³/mol. The van der Waals surface area contributed by atoms with Gasteiger partial charge in [-0.3, -0.25) is 9.59 Å². The molecule has 1 aromatic heterocycles. The zero-order valence-electron chi connectivity index (χ0n) is 11.7. The summed E-state index contributed by atoms with van der Waals surface area (Å²) in [4.78, 5) is 27.4. The van der Waals surface area contributed by atoms with Crippen LogP contribution in [0, 0.1) is 0 Å². The standard InChI is InChI=1S/C16H14ClN3O2/c17-12-8-9(16(22)19-10-5-6-10)4-7-11(12)13-2-1-3-14(20-13)15(18)21/h1-4,7-8,10H,5-6H2,(H2,18,21)(H,19,22). The number of hydrogen-bond donors (Lipinski definition) is 2. The second kappa shape index (κ2) is 5.77. The van der Waals surface area contributed by atoms with Crippen molar-refractivity contribution in [1.29, 1.82) is 0 Å². The molecule has 1 aliphatic rings. The van der Waals surface area contributed by atoms with E-state index in [0.29, 0.717) is 27.9 Å². The molecule has 22 heavy (non-hydrogen) atoms. The van der Waals surface area contributed by atoms with E-state index in [9.17, 15) is 9.59 Å². The third kappa shape index (κ3) is 3.09. The van der Waals surface area contributed by atoms with Gasteiger partial charge in [0, 0.05) is 17.2 Å². The number of rotatable bonds is 4. The number of amides is 2. The molecule has 0 radical (unpaired) electrons. The van der Waals surface area contributed by atoms with Crippen molar-refractivity contribution in [1.82, 2.24) is 10.3 Å². The summed E-state index contributed by atoms with van der Waals surface area (Å²) in [5, 5.41) is 3.31. The molecule has 5 nitrogen and oxygen atoms in total. The first-order chi connectivity index (χ1) is 10.5. The minimum atomic E-state index is -0.599. The number of halogens is 1. The van der Waals surface area contributed by atoms with E-state index < -0.39 is 5.91 Å². The Balaban J connectivity index is 1.89. The lowest BCUT2D eigenvalue weighted by atomic mass is 10.1. The van der Waals surface area contributed by atoms with E-state index in [1.165, 1.54) is 6.07 Å². The average Bonchev–Trinajstić information content (AvgIpc) is 3.31. The third-order valence-electron chi connectivity index (χ3n) is 3.42. The molecule has 1 aromatic carbocycles. The van der Waals surface area contributed by atoms with Crippen molar-refractivity contribution in [3.8, 4) is 11.3 Å². The van der Waals surface area contributed by atoms with Gasteiger partial charge in [0.1, 0.15) is 5.69 Å². The van der Waals surface area contributed by atoms with Gasteiger partial charge >= 0.3 is 0 Å². The molecule has 3 N–H and O–H groups in total. The molecule has 0 saturated heterocycles. The van der Waals surface area contributed by atoms with Crippen LogP contribution in [0.2, 0.25) is 5.02 Å². The fourth-order valence-corrected chi connectivity index (χ4v) is 2.36. The van der Waals surface area contributed by atoms with Crippen molar-refractivity contribution in [3.05, 3.63) is 52.7 Å². The Bertz CT molecular complexity index is 757. The highest BCUT2D eigenvalue weighted by molar-refractivity contribution is 6.33. The molecule has 1 aliphatic carbocycles. The summed E-state index contributed by atoms with van der Waals surface area (Å²) < 4.78 is 0. The van der Waals surface area contributed by atoms with Crippen molar-refractivity contribution in [2.75, 3.05) is 0 Å². The van der Waals surface area contributed by atoms with E-state index >= 15 is 0 Å². The quantitative estimate of drug-likeness (QED) is 0.908. The van der Waals surface area contributed by atoms with Gasteiger partial charge in [-0.25, -0.2) is 4.98 Å². The molecule has 1 fully saturated rings. The lowest BCUT2D eigenvalue weighted by molar-refractivity contribution is 0.0949. The first kappa shape index (κ1) is 14.5. The molecule has 2 aromatic rings. The fraction of sp³-hybridized carbons (Fsp3) is 0.188. The number of nitrogens with zero attached hydrogens (tertiary/aromatic N) is 1. The molecule has 0 unspecified atom stereocenters. The van der Waals surface area contributed by atoms with Crippen molar-refractivity contribution >= 4 is 23.4 Å². The Kier molecular flexibility index (Phi) is 3.81. The molecule has 0 aliphatic heterocycles. The van der Waals surface area contributed by atoms with Gasteiger partial charge < -0.3 is 11.1 Å². The molecular weight excluding hydrogens is 302 g/mol. The topological polar surface area (TPSA) is 85.1 Å². The van der Waals surface area contributed by atoms with Crippen LogP contribution in [0.5, 0.6) is 0 Å². The van der Waals surface area contributed by atoms with Crippen molar-refractivity contribution in [2.45, 2.75) is 18.9 Å². The summed E-state index contributed by atoms with van der Waals surface area (Å²) in [6, 6.07) is 10.3. The van der Waals surface area contributed by atoms with Crippen LogP contribution in [-0.2, 0) is 0 Å². The Labute approximate surface area is 132 Å². The van der Waals surface area contributed by atoms with Gasteiger partial charge in [0.2, 0.25) is 0 Å². The summed E-state index contributed by atoms with van der Waals surface area (Å²) >= 11 is 6.26. The lowest BCUT2D eigenvalue weighted by Crippen LogP contribution is -2.25. The zero-order valence-corrected chi connectivity index (χ0v) is 12.4. The lowest BCUT2D eigenvalue weighted by Gasteiger charge is -2.08. The van der Waals surface area contributed by atoms with Crippen LogP contribution in [0.3, 0.4) is 0 Å². The van der Waals surface area contributed by atoms with Crippen LogP contribution in [0.15, 0.2) is 36.4 Å². The summed E-state index contributed by atoms with van der Waals surface area (Å²) in [5.41, 5.74) is 7.09. The smallest absolute Gasteiger partial charge is 0.267 e. The van der Waals surface area contributed by atoms with Gasteiger partial charge in [0.05, 0.1) is 10.7 Å². The highest BCUT2D eigenvalue weighted by atomic mass is 35.5. The second-order valence-electron chi connectivity index (χ2n) is 5.21. The van der Waals surface area contributed by atoms with E-state index in [4.69, 9.17) is 17.3 Å². The van der Waals surface area contributed by atoms with Crippen LogP contribution >= 0.6 is 11.6 Å². The summed E-state index contributed by atoms with van der Waals surface area (Å²) in [6.07, 6.45) is 2.06. The van der Waals surface area contributed by atoms with Crippen LogP contribution in [0.4, 0.5) is 0 Å². The number of hydrogen-bond acceptors (Lipinski definition) is 3. The molecule has 0 bridgehead atoms. The van der Waals surface area contributed by atoms with E-state index in [-0.39, 0.29) is 11.6 Å². The molecule has 0 atom stereocenters. The van der Waals surface area contributed by atoms with Gasteiger partial charge in [-0.1, -0.05) is 23.7 Å². The maximum absolute atomic E-state index is 12.0. The van der Waals surface area contributed by atoms with Gasteiger partial charge in [-0.05, 0) is 37.1 Å². The number of nitrogens with one attached hydrogen (secondary N) is 1. The molecular formula is C16H14ClN3O2. The number of primary amides is 1. The van der Waals surface area contributed by atoms with Gasteiger partial charge in [0.25, 0.3) is 11.8 Å². The Hall–Kier alpha value is -2.40. The first-order valence-corrected chi connectivity index (χ1v) is 7.30. The molecule has 1 saturated carbocycles. The van der Waals surface area contributed by atoms with Crippen molar-refractivity contribution < 1.29 is 9.59 Å². The number of benzene rings is 1. The van der Waals surface area contributed by atoms with Crippen LogP contribution in [-0.4, -0.2) is 22.8 Å². The number of aromatic nitrogens is 1. The minimum Gasteiger partial charge on any atom is -0.364 e. The monoisotopic (exact) mass is 315 g/mol. The summed E-state index contributed by atoms with van der Waals surface area (Å²) in [6.45, 7) is 0. The molecule has 3 rings (SSSR count). The van der Waals surface area contributed by atoms with Gasteiger partial charge in [-0.15, -0.1) is 0 Å². The summed E-state index contributed by atoms with van der Waals surface area (Å²) in [7, 11) is 0. The fourth-order valence-electron chi connectivity index (χ4n) is 2.08. The number of nitrogens with two attached hydrogens (primary N) is 1. The van der Waals surface area contributed by atoms with Crippen LogP contribution < -0.4 is 11.1 Å². The Morgan fingerprint density at radius 3 is 2.64 bits per heavy atom. The maximum Gasteiger partial charge on any atom is 0.267 e. The normalized spacial score (nSPS) is 13.7. The average molecular weight is 316 g/mol. The molecule has 112 valence electrons. The highest BCUT2D eigenvalue weighted by Crippen LogP contribution is 2.28. The minimum absolute atomic E-state index is 0.130. The molecule has 6 heteroatoms. The zero-order chi connectivity index (χ0) is 15.7.